The number of β-amino-alcohol motifs (C(OH)–C–C–N with tert-alkyl or cyclic N) is 1. The molecule has 1 N–H and O–H groups in total. The predicted octanol–water partition coefficient (Wildman–Crippen LogP) is 2.28. The predicted molar refractivity (Wildman–Crippen MR) is 83.0 cm³/mol. The third-order valence-electron chi connectivity index (χ3n) is 4.70. The summed E-state index contributed by atoms with van der Waals surface area (Å²) in [6.45, 7) is 3.72. The van der Waals surface area contributed by atoms with Gasteiger partial charge in [-0.05, 0) is 38.0 Å². The van der Waals surface area contributed by atoms with Gasteiger partial charge in [0.2, 0.25) is 0 Å². The van der Waals surface area contributed by atoms with Crippen molar-refractivity contribution < 1.29 is 27.9 Å². The molecular weight excluding hydrogens is 337 g/mol. The lowest BCUT2D eigenvalue weighted by Gasteiger charge is -2.20. The van der Waals surface area contributed by atoms with Crippen molar-refractivity contribution in [3.8, 4) is 0 Å². The summed E-state index contributed by atoms with van der Waals surface area (Å²) in [4.78, 5) is 27.6. The number of hydrogen-bond acceptors (Lipinski definition) is 3. The second kappa shape index (κ2) is 6.01. The summed E-state index contributed by atoms with van der Waals surface area (Å²) >= 11 is 0. The molecule has 1 unspecified atom stereocenters. The summed E-state index contributed by atoms with van der Waals surface area (Å²) < 4.78 is 40.5. The van der Waals surface area contributed by atoms with E-state index in [0.717, 1.165) is 6.07 Å². The summed E-state index contributed by atoms with van der Waals surface area (Å²) in [5.41, 5.74) is -1.25. The van der Waals surface area contributed by atoms with E-state index in [4.69, 9.17) is 0 Å². The molecule has 136 valence electrons. The number of halogens is 3. The van der Waals surface area contributed by atoms with E-state index in [1.54, 1.807) is 13.8 Å². The van der Waals surface area contributed by atoms with Crippen molar-refractivity contribution in [1.82, 2.24) is 9.80 Å². The van der Waals surface area contributed by atoms with Crippen LogP contribution in [0.5, 0.6) is 0 Å². The SMILES string of the molecule is CC(C)N1Cc2c(cc(C(=O)N3CCC(O)C3)cc2C(F)(F)F)C1=O. The molecule has 2 amide bonds. The standard InChI is InChI=1S/C17H19F3N2O3/c1-9(2)22-8-13-12(16(22)25)5-10(6-14(13)17(18,19)20)15(24)21-4-3-11(23)7-21/h5-6,9,11,23H,3-4,7-8H2,1-2H3. The van der Waals surface area contributed by atoms with Crippen LogP contribution in [0.1, 0.15) is 52.1 Å². The van der Waals surface area contributed by atoms with Gasteiger partial charge in [-0.25, -0.2) is 0 Å². The Morgan fingerprint density at radius 1 is 1.32 bits per heavy atom. The van der Waals surface area contributed by atoms with Gasteiger partial charge in [0.1, 0.15) is 0 Å². The number of likely N-dealkylation sites (tertiary alicyclic amines) is 1. The average molecular weight is 356 g/mol. The molecule has 1 aromatic carbocycles. The first-order chi connectivity index (χ1) is 11.6. The number of hydrogen-bond donors (Lipinski definition) is 1. The highest BCUT2D eigenvalue weighted by molar-refractivity contribution is 6.03. The lowest BCUT2D eigenvalue weighted by atomic mass is 9.98. The Balaban J connectivity index is 2.06. The maximum absolute atomic E-state index is 13.5. The van der Waals surface area contributed by atoms with Gasteiger partial charge in [0.15, 0.2) is 0 Å². The highest BCUT2D eigenvalue weighted by Crippen LogP contribution is 2.39. The van der Waals surface area contributed by atoms with Crippen molar-refractivity contribution in [2.75, 3.05) is 13.1 Å². The number of nitrogens with zero attached hydrogens (tertiary/aromatic N) is 2. The fraction of sp³-hybridized carbons (Fsp3) is 0.529. The summed E-state index contributed by atoms with van der Waals surface area (Å²) in [7, 11) is 0. The van der Waals surface area contributed by atoms with Gasteiger partial charge in [-0.15, -0.1) is 0 Å². The van der Waals surface area contributed by atoms with Gasteiger partial charge in [0.05, 0.1) is 11.7 Å². The molecule has 1 atom stereocenters. The van der Waals surface area contributed by atoms with Gasteiger partial charge >= 0.3 is 6.18 Å². The van der Waals surface area contributed by atoms with Crippen molar-refractivity contribution in [3.05, 3.63) is 34.4 Å². The number of benzene rings is 1. The maximum atomic E-state index is 13.5. The van der Waals surface area contributed by atoms with Gasteiger partial charge in [0, 0.05) is 36.8 Å². The van der Waals surface area contributed by atoms with E-state index in [0.29, 0.717) is 6.42 Å². The Hall–Kier alpha value is -2.09. The highest BCUT2D eigenvalue weighted by atomic mass is 19.4. The molecule has 5 nitrogen and oxygen atoms in total. The molecule has 1 fully saturated rings. The number of aliphatic hydroxyl groups excluding tert-OH is 1. The normalized spacial score (nSPS) is 20.6. The van der Waals surface area contributed by atoms with Crippen LogP contribution in [0.4, 0.5) is 13.2 Å². The minimum atomic E-state index is -4.65. The minimum absolute atomic E-state index is 0.0633. The Morgan fingerprint density at radius 2 is 2.00 bits per heavy atom. The zero-order valence-corrected chi connectivity index (χ0v) is 13.9. The molecule has 2 aliphatic rings. The first-order valence-electron chi connectivity index (χ1n) is 8.12. The van der Waals surface area contributed by atoms with E-state index in [-0.39, 0.29) is 42.4 Å². The van der Waals surface area contributed by atoms with Crippen LogP contribution in [0.15, 0.2) is 12.1 Å². The number of carbonyl (C=O) groups excluding carboxylic acids is 2. The summed E-state index contributed by atoms with van der Waals surface area (Å²) in [6, 6.07) is 1.83. The van der Waals surface area contributed by atoms with E-state index in [2.05, 4.69) is 0 Å². The third kappa shape index (κ3) is 3.10. The first kappa shape index (κ1) is 17.7. The van der Waals surface area contributed by atoms with E-state index >= 15 is 0 Å². The Bertz CT molecular complexity index is 731. The number of fused-ring (bicyclic) bond motifs is 1. The van der Waals surface area contributed by atoms with Crippen molar-refractivity contribution in [2.45, 2.75) is 45.1 Å². The van der Waals surface area contributed by atoms with Crippen molar-refractivity contribution in [1.29, 1.82) is 0 Å². The molecule has 25 heavy (non-hydrogen) atoms. The van der Waals surface area contributed by atoms with Crippen LogP contribution >= 0.6 is 0 Å². The smallest absolute Gasteiger partial charge is 0.391 e. The van der Waals surface area contributed by atoms with Gasteiger partial charge in [0.25, 0.3) is 11.8 Å². The molecule has 0 aromatic heterocycles. The van der Waals surface area contributed by atoms with Gasteiger partial charge in [-0.1, -0.05) is 0 Å². The number of carbonyl (C=O) groups is 2. The Labute approximate surface area is 143 Å². The number of alkyl halides is 3. The van der Waals surface area contributed by atoms with Crippen molar-refractivity contribution in [3.63, 3.8) is 0 Å². The summed E-state index contributed by atoms with van der Waals surface area (Å²) in [6.07, 6.45) is -4.93. The number of rotatable bonds is 2. The minimum Gasteiger partial charge on any atom is -0.391 e. The Kier molecular flexibility index (Phi) is 4.26. The second-order valence-electron chi connectivity index (χ2n) is 6.77. The average Bonchev–Trinajstić information content (AvgIpc) is 3.09. The van der Waals surface area contributed by atoms with E-state index in [1.165, 1.54) is 15.9 Å². The monoisotopic (exact) mass is 356 g/mol. The largest absolute Gasteiger partial charge is 0.416 e. The number of amides is 2. The molecule has 0 aliphatic carbocycles. The molecule has 1 saturated heterocycles. The zero-order chi connectivity index (χ0) is 18.5. The quantitative estimate of drug-likeness (QED) is 0.884. The molecule has 0 spiro atoms. The van der Waals surface area contributed by atoms with Crippen LogP contribution in [0.2, 0.25) is 0 Å². The maximum Gasteiger partial charge on any atom is 0.416 e. The molecular formula is C17H19F3N2O3. The molecule has 3 rings (SSSR count). The molecule has 1 aromatic rings. The first-order valence-corrected chi connectivity index (χ1v) is 8.12. The van der Waals surface area contributed by atoms with Gasteiger partial charge in [-0.3, -0.25) is 9.59 Å². The van der Waals surface area contributed by atoms with Crippen LogP contribution in [-0.4, -0.2) is 52.0 Å². The molecule has 2 aliphatic heterocycles. The Morgan fingerprint density at radius 3 is 2.52 bits per heavy atom. The van der Waals surface area contributed by atoms with Gasteiger partial charge < -0.3 is 14.9 Å². The highest BCUT2D eigenvalue weighted by Gasteiger charge is 2.41. The second-order valence-corrected chi connectivity index (χ2v) is 6.77. The van der Waals surface area contributed by atoms with Gasteiger partial charge in [-0.2, -0.15) is 13.2 Å². The lowest BCUT2D eigenvalue weighted by molar-refractivity contribution is -0.138. The zero-order valence-electron chi connectivity index (χ0n) is 13.9. The van der Waals surface area contributed by atoms with E-state index < -0.39 is 29.7 Å². The van der Waals surface area contributed by atoms with E-state index in [9.17, 15) is 27.9 Å². The summed E-state index contributed by atoms with van der Waals surface area (Å²) in [5, 5.41) is 9.54. The van der Waals surface area contributed by atoms with Crippen molar-refractivity contribution >= 4 is 11.8 Å². The molecule has 8 heteroatoms. The van der Waals surface area contributed by atoms with Crippen LogP contribution in [0.25, 0.3) is 0 Å². The van der Waals surface area contributed by atoms with Crippen molar-refractivity contribution in [2.24, 2.45) is 0 Å². The lowest BCUT2D eigenvalue weighted by Crippen LogP contribution is -2.31. The van der Waals surface area contributed by atoms with Crippen LogP contribution in [-0.2, 0) is 12.7 Å². The van der Waals surface area contributed by atoms with E-state index in [1.807, 2.05) is 0 Å². The number of aliphatic hydroxyl groups is 1. The molecule has 2 heterocycles. The molecule has 0 radical (unpaired) electrons. The molecule has 0 saturated carbocycles. The topological polar surface area (TPSA) is 60.9 Å². The molecule has 0 bridgehead atoms. The van der Waals surface area contributed by atoms with Crippen LogP contribution in [0.3, 0.4) is 0 Å². The van der Waals surface area contributed by atoms with Crippen LogP contribution < -0.4 is 0 Å². The fourth-order valence-electron chi connectivity index (χ4n) is 3.33. The summed E-state index contributed by atoms with van der Waals surface area (Å²) in [5.74, 6) is -1.09. The third-order valence-corrected chi connectivity index (χ3v) is 4.70. The fourth-order valence-corrected chi connectivity index (χ4v) is 3.33. The van der Waals surface area contributed by atoms with Crippen LogP contribution in [0, 0.1) is 0 Å².